The maximum absolute atomic E-state index is 9.76. The van der Waals surface area contributed by atoms with Crippen molar-refractivity contribution in [3.63, 3.8) is 0 Å². The molecule has 0 aliphatic carbocycles. The summed E-state index contributed by atoms with van der Waals surface area (Å²) in [6.45, 7) is 6.31. The van der Waals surface area contributed by atoms with Crippen LogP contribution in [-0.4, -0.2) is 67.1 Å². The van der Waals surface area contributed by atoms with E-state index in [4.69, 9.17) is 25.6 Å². The molecule has 4 N–H and O–H groups in total. The number of amidine groups is 1. The summed E-state index contributed by atoms with van der Waals surface area (Å²) in [4.78, 5) is 7.24. The van der Waals surface area contributed by atoms with Crippen LogP contribution >= 0.6 is 0 Å². The van der Waals surface area contributed by atoms with Gasteiger partial charge in [0.15, 0.2) is 0 Å². The third-order valence-corrected chi connectivity index (χ3v) is 5.87. The second-order valence-corrected chi connectivity index (χ2v) is 9.35. The van der Waals surface area contributed by atoms with Crippen LogP contribution in [0.1, 0.15) is 48.9 Å². The smallest absolute Gasteiger partial charge is 0.126 e. The van der Waals surface area contributed by atoms with E-state index in [1.807, 2.05) is 30.3 Å². The first-order valence-corrected chi connectivity index (χ1v) is 11.8. The Kier molecular flexibility index (Phi) is 9.05. The fraction of sp³-hybridized carbons (Fsp3) is 0.429. The minimum Gasteiger partial charge on any atom is -0.497 e. The first kappa shape index (κ1) is 26.4. The number of ether oxygens (including phenoxy) is 2. The van der Waals surface area contributed by atoms with Crippen LogP contribution in [0.3, 0.4) is 0 Å². The number of nitrogens with zero attached hydrogens (tertiary/aromatic N) is 2. The van der Waals surface area contributed by atoms with Crippen molar-refractivity contribution in [1.82, 2.24) is 4.90 Å². The summed E-state index contributed by atoms with van der Waals surface area (Å²) < 4.78 is 10.5. The number of hydrogen-bond donors (Lipinski definition) is 3. The molecule has 0 spiro atoms. The van der Waals surface area contributed by atoms with E-state index < -0.39 is 5.60 Å². The van der Waals surface area contributed by atoms with Crippen molar-refractivity contribution < 1.29 is 14.6 Å². The van der Waals surface area contributed by atoms with Crippen LogP contribution in [0.2, 0.25) is 0 Å². The lowest BCUT2D eigenvalue weighted by Crippen LogP contribution is -2.35. The highest BCUT2D eigenvalue weighted by Crippen LogP contribution is 2.21. The van der Waals surface area contributed by atoms with Crippen molar-refractivity contribution in [2.45, 2.75) is 44.9 Å². The van der Waals surface area contributed by atoms with Gasteiger partial charge in [0.25, 0.3) is 0 Å². The molecule has 0 atom stereocenters. The maximum Gasteiger partial charge on any atom is 0.126 e. The van der Waals surface area contributed by atoms with Crippen LogP contribution in [0.25, 0.3) is 0 Å². The Bertz CT molecular complexity index is 1100. The molecule has 35 heavy (non-hydrogen) atoms. The van der Waals surface area contributed by atoms with Gasteiger partial charge in [-0.2, -0.15) is 0 Å². The molecule has 1 aliphatic rings. The summed E-state index contributed by atoms with van der Waals surface area (Å²) >= 11 is 0. The Morgan fingerprint density at radius 1 is 1.14 bits per heavy atom. The summed E-state index contributed by atoms with van der Waals surface area (Å²) in [6.07, 6.45) is 1.84. The number of piperidine rings is 1. The third kappa shape index (κ3) is 7.93. The molecule has 0 amide bonds. The van der Waals surface area contributed by atoms with Gasteiger partial charge in [-0.3, -0.25) is 9.89 Å². The Hall–Kier alpha value is -3.18. The molecule has 186 valence electrons. The lowest BCUT2D eigenvalue weighted by atomic mass is 10.0. The minimum atomic E-state index is -0.991. The summed E-state index contributed by atoms with van der Waals surface area (Å²) in [5.41, 5.74) is 9.34. The highest BCUT2D eigenvalue weighted by Gasteiger charge is 2.20. The molecule has 2 aromatic rings. The number of methoxy groups -OCH3 is 2. The molecule has 1 aliphatic heterocycles. The van der Waals surface area contributed by atoms with E-state index in [-0.39, 0.29) is 12.6 Å². The van der Waals surface area contributed by atoms with E-state index in [2.05, 4.69) is 28.9 Å². The van der Waals surface area contributed by atoms with Crippen molar-refractivity contribution in [2.24, 2.45) is 10.7 Å². The van der Waals surface area contributed by atoms with Crippen molar-refractivity contribution in [2.75, 3.05) is 33.9 Å². The second kappa shape index (κ2) is 12.0. The summed E-state index contributed by atoms with van der Waals surface area (Å²) in [6, 6.07) is 13.8. The van der Waals surface area contributed by atoms with Crippen LogP contribution < -0.4 is 10.5 Å². The third-order valence-electron chi connectivity index (χ3n) is 5.87. The predicted molar refractivity (Wildman–Crippen MR) is 140 cm³/mol. The molecule has 0 aromatic heterocycles. The number of hydrogen-bond acceptors (Lipinski definition) is 6. The van der Waals surface area contributed by atoms with Gasteiger partial charge in [0.2, 0.25) is 0 Å². The summed E-state index contributed by atoms with van der Waals surface area (Å²) in [5.74, 6) is 6.96. The predicted octanol–water partition coefficient (Wildman–Crippen LogP) is 3.20. The van der Waals surface area contributed by atoms with Crippen molar-refractivity contribution in [1.29, 1.82) is 5.41 Å². The lowest BCUT2D eigenvalue weighted by molar-refractivity contribution is 0.143. The molecule has 2 aromatic carbocycles. The van der Waals surface area contributed by atoms with Gasteiger partial charge in [0, 0.05) is 43.4 Å². The summed E-state index contributed by atoms with van der Waals surface area (Å²) in [7, 11) is 3.18. The number of aliphatic hydroxyl groups is 1. The van der Waals surface area contributed by atoms with Gasteiger partial charge in [0.05, 0.1) is 25.5 Å². The van der Waals surface area contributed by atoms with Crippen molar-refractivity contribution in [3.8, 4) is 17.6 Å². The van der Waals surface area contributed by atoms with Crippen molar-refractivity contribution in [3.05, 3.63) is 64.7 Å². The van der Waals surface area contributed by atoms with E-state index in [0.29, 0.717) is 28.4 Å². The van der Waals surface area contributed by atoms with E-state index in [1.54, 1.807) is 28.1 Å². The fourth-order valence-corrected chi connectivity index (χ4v) is 4.00. The number of likely N-dealkylation sites (tertiary alicyclic amines) is 1. The van der Waals surface area contributed by atoms with Gasteiger partial charge in [-0.1, -0.05) is 24.0 Å². The maximum atomic E-state index is 9.76. The second-order valence-electron chi connectivity index (χ2n) is 9.35. The quantitative estimate of drug-likeness (QED) is 0.308. The number of nitrogens with one attached hydrogen (secondary N) is 1. The molecule has 0 bridgehead atoms. The highest BCUT2D eigenvalue weighted by molar-refractivity contribution is 6.11. The van der Waals surface area contributed by atoms with E-state index in [0.717, 1.165) is 38.0 Å². The van der Waals surface area contributed by atoms with Crippen LogP contribution in [0, 0.1) is 17.3 Å². The molecule has 0 unspecified atom stereocenters. The molecule has 7 nitrogen and oxygen atoms in total. The zero-order valence-electron chi connectivity index (χ0n) is 21.1. The lowest BCUT2D eigenvalue weighted by Gasteiger charge is -2.30. The van der Waals surface area contributed by atoms with Gasteiger partial charge in [0.1, 0.15) is 17.2 Å². The zero-order chi connectivity index (χ0) is 25.4. The van der Waals surface area contributed by atoms with Crippen LogP contribution in [0.5, 0.6) is 5.75 Å². The first-order valence-electron chi connectivity index (χ1n) is 11.8. The number of aliphatic imine (C=N–C) groups is 1. The largest absolute Gasteiger partial charge is 0.497 e. The van der Waals surface area contributed by atoms with Gasteiger partial charge >= 0.3 is 0 Å². The fourth-order valence-electron chi connectivity index (χ4n) is 4.00. The van der Waals surface area contributed by atoms with Gasteiger partial charge in [-0.15, -0.1) is 0 Å². The Balaban J connectivity index is 1.61. The molecular weight excluding hydrogens is 440 g/mol. The molecule has 1 heterocycles. The van der Waals surface area contributed by atoms with Gasteiger partial charge in [-0.25, -0.2) is 0 Å². The zero-order valence-corrected chi connectivity index (χ0v) is 21.1. The molecule has 3 rings (SSSR count). The number of rotatable bonds is 8. The van der Waals surface area contributed by atoms with Crippen LogP contribution in [0.15, 0.2) is 47.5 Å². The van der Waals surface area contributed by atoms with Crippen LogP contribution in [-0.2, 0) is 11.3 Å². The van der Waals surface area contributed by atoms with Gasteiger partial charge in [-0.05, 0) is 62.6 Å². The monoisotopic (exact) mass is 476 g/mol. The van der Waals surface area contributed by atoms with E-state index >= 15 is 0 Å². The normalized spacial score (nSPS) is 15.4. The standard InChI is InChI=1S/C28H36N4O3/c1-28(2,33)14-11-20-5-7-21(8-6-20)18-32-15-12-22(13-16-32)31-27(30)25-17-23(35-4)9-10-24(25)26(29)19-34-3/h5-10,17,22,29,33H,12-13,15-16,18-19H2,1-4H3,(H2,30,31). The molecule has 0 radical (unpaired) electrons. The average molecular weight is 477 g/mol. The first-order chi connectivity index (χ1) is 16.7. The SMILES string of the molecule is COCC(=N)c1ccc(OC)cc1C(N)=NC1CCN(Cc2ccc(C#CC(C)(C)O)cc2)CC1. The van der Waals surface area contributed by atoms with Crippen LogP contribution in [0.4, 0.5) is 0 Å². The average Bonchev–Trinajstić information content (AvgIpc) is 2.84. The summed E-state index contributed by atoms with van der Waals surface area (Å²) in [5, 5.41) is 18.1. The molecule has 1 fully saturated rings. The van der Waals surface area contributed by atoms with E-state index in [9.17, 15) is 5.11 Å². The molecule has 7 heteroatoms. The topological polar surface area (TPSA) is 104 Å². The van der Waals surface area contributed by atoms with Crippen molar-refractivity contribution >= 4 is 11.5 Å². The Labute approximate surface area is 208 Å². The Morgan fingerprint density at radius 3 is 2.43 bits per heavy atom. The molecule has 1 saturated heterocycles. The highest BCUT2D eigenvalue weighted by atomic mass is 16.5. The molecular formula is C28H36N4O3. The van der Waals surface area contributed by atoms with Gasteiger partial charge < -0.3 is 25.7 Å². The van der Waals surface area contributed by atoms with E-state index in [1.165, 1.54) is 5.56 Å². The Morgan fingerprint density at radius 2 is 1.83 bits per heavy atom. The minimum absolute atomic E-state index is 0.140. The number of benzene rings is 2. The molecule has 0 saturated carbocycles. The number of nitrogens with two attached hydrogens (primary N) is 1.